The minimum atomic E-state index is -3.43. The first kappa shape index (κ1) is 17.6. The lowest BCUT2D eigenvalue weighted by molar-refractivity contribution is 0.102. The van der Waals surface area contributed by atoms with Gasteiger partial charge in [0.15, 0.2) is 10.1 Å². The molecule has 2 aromatic rings. The highest BCUT2D eigenvalue weighted by Gasteiger charge is 2.27. The third kappa shape index (κ3) is 3.88. The summed E-state index contributed by atoms with van der Waals surface area (Å²) in [6, 6.07) is 6.25. The minimum Gasteiger partial charge on any atom is -0.293 e. The number of aryl methyl sites for hydroxylation is 1. The summed E-state index contributed by atoms with van der Waals surface area (Å²) in [5.74, 6) is 0.267. The highest BCUT2D eigenvalue weighted by atomic mass is 32.2. The number of thiazole rings is 1. The lowest BCUT2D eigenvalue weighted by Crippen LogP contribution is -2.27. The quantitative estimate of drug-likeness (QED) is 0.567. The molecular formula is C16H18N2O3S3. The van der Waals surface area contributed by atoms with Crippen LogP contribution in [0.25, 0.3) is 0 Å². The fraction of sp³-hybridized carbons (Fsp3) is 0.375. The molecule has 5 nitrogen and oxygen atoms in total. The number of Topliss-reactive ketones (excluding diaryl/α,β-unsaturated/α-hetero) is 1. The van der Waals surface area contributed by atoms with Crippen molar-refractivity contribution in [2.45, 2.75) is 29.0 Å². The molecule has 1 aliphatic heterocycles. The summed E-state index contributed by atoms with van der Waals surface area (Å²) >= 11 is 2.93. The van der Waals surface area contributed by atoms with E-state index in [2.05, 4.69) is 4.98 Å². The first-order valence-electron chi connectivity index (χ1n) is 7.65. The van der Waals surface area contributed by atoms with Gasteiger partial charge in [0.05, 0.1) is 10.6 Å². The molecule has 3 rings (SSSR count). The first-order valence-corrected chi connectivity index (χ1v) is 11.0. The van der Waals surface area contributed by atoms with E-state index >= 15 is 0 Å². The highest BCUT2D eigenvalue weighted by molar-refractivity contribution is 8.01. The molecule has 0 atom stereocenters. The molecule has 0 N–H and O–H groups in total. The van der Waals surface area contributed by atoms with Crippen molar-refractivity contribution < 1.29 is 13.2 Å². The van der Waals surface area contributed by atoms with Gasteiger partial charge < -0.3 is 0 Å². The Balaban J connectivity index is 1.66. The van der Waals surface area contributed by atoms with Gasteiger partial charge in [-0.2, -0.15) is 4.31 Å². The van der Waals surface area contributed by atoms with Crippen LogP contribution in [-0.4, -0.2) is 42.3 Å². The van der Waals surface area contributed by atoms with E-state index in [1.54, 1.807) is 12.1 Å². The molecule has 8 heteroatoms. The second kappa shape index (κ2) is 7.35. The van der Waals surface area contributed by atoms with Crippen LogP contribution in [0.1, 0.15) is 28.9 Å². The highest BCUT2D eigenvalue weighted by Crippen LogP contribution is 2.24. The largest absolute Gasteiger partial charge is 0.293 e. The van der Waals surface area contributed by atoms with Gasteiger partial charge in [-0.15, -0.1) is 11.3 Å². The van der Waals surface area contributed by atoms with Crippen molar-refractivity contribution in [3.05, 3.63) is 40.9 Å². The molecule has 1 saturated heterocycles. The zero-order valence-electron chi connectivity index (χ0n) is 13.3. The van der Waals surface area contributed by atoms with Gasteiger partial charge in [0.1, 0.15) is 0 Å². The van der Waals surface area contributed by atoms with Crippen LogP contribution in [0.5, 0.6) is 0 Å². The standard InChI is InChI=1S/C16H18N2O3S3/c1-12-10-22-16(17-12)23-11-15(19)13-4-6-14(7-5-13)24(20,21)18-8-2-3-9-18/h4-7,10H,2-3,8-9,11H2,1H3. The van der Waals surface area contributed by atoms with Crippen LogP contribution in [0.2, 0.25) is 0 Å². The second-order valence-electron chi connectivity index (χ2n) is 5.60. The van der Waals surface area contributed by atoms with Gasteiger partial charge in [-0.1, -0.05) is 23.9 Å². The topological polar surface area (TPSA) is 67.3 Å². The SMILES string of the molecule is Cc1csc(SCC(=O)c2ccc(S(=O)(=O)N3CCCC3)cc2)n1. The molecule has 1 fully saturated rings. The fourth-order valence-corrected chi connectivity index (χ4v) is 5.76. The minimum absolute atomic E-state index is 0.0297. The van der Waals surface area contributed by atoms with Crippen molar-refractivity contribution in [2.75, 3.05) is 18.8 Å². The van der Waals surface area contributed by atoms with E-state index in [0.717, 1.165) is 22.9 Å². The average molecular weight is 383 g/mol. The Kier molecular flexibility index (Phi) is 5.39. The normalized spacial score (nSPS) is 15.7. The smallest absolute Gasteiger partial charge is 0.243 e. The van der Waals surface area contributed by atoms with E-state index in [0.29, 0.717) is 24.4 Å². The van der Waals surface area contributed by atoms with Crippen molar-refractivity contribution in [1.29, 1.82) is 0 Å². The summed E-state index contributed by atoms with van der Waals surface area (Å²) in [6.45, 7) is 3.07. The monoisotopic (exact) mass is 382 g/mol. The Morgan fingerprint density at radius 3 is 2.50 bits per heavy atom. The maximum atomic E-state index is 12.5. The van der Waals surface area contributed by atoms with Gasteiger partial charge in [0.2, 0.25) is 10.0 Å². The molecule has 0 radical (unpaired) electrons. The number of hydrogen-bond acceptors (Lipinski definition) is 6. The molecule has 0 aliphatic carbocycles. The van der Waals surface area contributed by atoms with Crippen molar-refractivity contribution in [3.8, 4) is 0 Å². The molecule has 1 aromatic heterocycles. The summed E-state index contributed by atoms with van der Waals surface area (Å²) in [4.78, 5) is 16.8. The number of thioether (sulfide) groups is 1. The second-order valence-corrected chi connectivity index (χ2v) is 9.62. The van der Waals surface area contributed by atoms with Gasteiger partial charge >= 0.3 is 0 Å². The molecule has 0 saturated carbocycles. The third-order valence-corrected chi connectivity index (χ3v) is 7.86. The number of ketones is 1. The number of hydrogen-bond donors (Lipinski definition) is 0. The predicted octanol–water partition coefficient (Wildman–Crippen LogP) is 3.21. The van der Waals surface area contributed by atoms with Crippen molar-refractivity contribution in [1.82, 2.24) is 9.29 Å². The van der Waals surface area contributed by atoms with E-state index in [4.69, 9.17) is 0 Å². The predicted molar refractivity (Wildman–Crippen MR) is 96.3 cm³/mol. The van der Waals surface area contributed by atoms with Gasteiger partial charge in [0, 0.05) is 29.7 Å². The number of aromatic nitrogens is 1. The summed E-state index contributed by atoms with van der Waals surface area (Å²) in [7, 11) is -3.43. The van der Waals surface area contributed by atoms with Gasteiger partial charge in [-0.25, -0.2) is 13.4 Å². The molecule has 2 heterocycles. The molecule has 1 aromatic carbocycles. The van der Waals surface area contributed by atoms with Crippen LogP contribution < -0.4 is 0 Å². The molecule has 0 amide bonds. The van der Waals surface area contributed by atoms with Crippen LogP contribution in [-0.2, 0) is 10.0 Å². The van der Waals surface area contributed by atoms with Crippen LogP contribution in [0, 0.1) is 6.92 Å². The van der Waals surface area contributed by atoms with E-state index in [1.807, 2.05) is 12.3 Å². The van der Waals surface area contributed by atoms with E-state index in [1.165, 1.54) is 39.5 Å². The Bertz CT molecular complexity index is 823. The van der Waals surface area contributed by atoms with E-state index < -0.39 is 10.0 Å². The summed E-state index contributed by atoms with van der Waals surface area (Å²) < 4.78 is 27.3. The number of carbonyl (C=O) groups excluding carboxylic acids is 1. The molecule has 0 bridgehead atoms. The zero-order valence-corrected chi connectivity index (χ0v) is 15.7. The van der Waals surface area contributed by atoms with Crippen LogP contribution >= 0.6 is 23.1 Å². The van der Waals surface area contributed by atoms with Gasteiger partial charge in [0.25, 0.3) is 0 Å². The number of nitrogens with zero attached hydrogens (tertiary/aromatic N) is 2. The lowest BCUT2D eigenvalue weighted by Gasteiger charge is -2.15. The lowest BCUT2D eigenvalue weighted by atomic mass is 10.1. The first-order chi connectivity index (χ1) is 11.5. The molecule has 24 heavy (non-hydrogen) atoms. The maximum Gasteiger partial charge on any atom is 0.243 e. The van der Waals surface area contributed by atoms with E-state index in [9.17, 15) is 13.2 Å². The van der Waals surface area contributed by atoms with E-state index in [-0.39, 0.29) is 10.7 Å². The van der Waals surface area contributed by atoms with Crippen molar-refractivity contribution in [2.24, 2.45) is 0 Å². The molecular weight excluding hydrogens is 364 g/mol. The Hall–Kier alpha value is -1.22. The summed E-state index contributed by atoms with van der Waals surface area (Å²) in [5.41, 5.74) is 1.47. The average Bonchev–Trinajstić information content (AvgIpc) is 3.24. The fourth-order valence-electron chi connectivity index (χ4n) is 2.50. The number of rotatable bonds is 6. The Morgan fingerprint density at radius 1 is 1.25 bits per heavy atom. The van der Waals surface area contributed by atoms with Gasteiger partial charge in [-0.3, -0.25) is 4.79 Å². The molecule has 1 aliphatic rings. The van der Waals surface area contributed by atoms with Crippen molar-refractivity contribution >= 4 is 38.9 Å². The van der Waals surface area contributed by atoms with Crippen molar-refractivity contribution in [3.63, 3.8) is 0 Å². The van der Waals surface area contributed by atoms with Gasteiger partial charge in [-0.05, 0) is 31.9 Å². The molecule has 0 unspecified atom stereocenters. The summed E-state index contributed by atoms with van der Waals surface area (Å²) in [5, 5.41) is 1.95. The molecule has 128 valence electrons. The third-order valence-electron chi connectivity index (χ3n) is 3.80. The molecule has 0 spiro atoms. The Morgan fingerprint density at radius 2 is 1.92 bits per heavy atom. The number of carbonyl (C=O) groups is 1. The van der Waals surface area contributed by atoms with Crippen LogP contribution in [0.4, 0.5) is 0 Å². The zero-order chi connectivity index (χ0) is 17.2. The maximum absolute atomic E-state index is 12.5. The Labute approximate surface area is 150 Å². The number of benzene rings is 1. The van der Waals surface area contributed by atoms with Crippen LogP contribution in [0.15, 0.2) is 38.9 Å². The number of sulfonamides is 1. The van der Waals surface area contributed by atoms with Crippen LogP contribution in [0.3, 0.4) is 0 Å². The summed E-state index contributed by atoms with van der Waals surface area (Å²) in [6.07, 6.45) is 1.81.